The summed E-state index contributed by atoms with van der Waals surface area (Å²) in [4.78, 5) is 2.50. The monoisotopic (exact) mass is 262 g/mol. The van der Waals surface area contributed by atoms with Crippen molar-refractivity contribution in [3.63, 3.8) is 0 Å². The van der Waals surface area contributed by atoms with Crippen LogP contribution in [0.3, 0.4) is 0 Å². The fraction of sp³-hybridized carbons (Fsp3) is 0.625. The fourth-order valence-corrected chi connectivity index (χ4v) is 2.53. The van der Waals surface area contributed by atoms with Gasteiger partial charge in [-0.25, -0.2) is 0 Å². The van der Waals surface area contributed by atoms with Crippen molar-refractivity contribution in [1.82, 2.24) is 4.90 Å². The van der Waals surface area contributed by atoms with Crippen molar-refractivity contribution in [3.05, 3.63) is 29.3 Å². The van der Waals surface area contributed by atoms with Crippen molar-refractivity contribution in [1.29, 1.82) is 0 Å². The number of rotatable bonds is 5. The lowest BCUT2D eigenvalue weighted by Gasteiger charge is -2.29. The third kappa shape index (κ3) is 4.22. The van der Waals surface area contributed by atoms with Gasteiger partial charge in [-0.15, -0.1) is 0 Å². The molecule has 2 N–H and O–H groups in total. The molecule has 0 aliphatic carbocycles. The number of hydrogen-bond donors (Lipinski definition) is 1. The number of aryl methyl sites for hydroxylation is 1. The number of piperidine rings is 1. The first kappa shape index (κ1) is 14.4. The minimum atomic E-state index is 0.419. The van der Waals surface area contributed by atoms with Gasteiger partial charge in [-0.2, -0.15) is 0 Å². The molecule has 19 heavy (non-hydrogen) atoms. The van der Waals surface area contributed by atoms with Gasteiger partial charge in [0.05, 0.1) is 6.61 Å². The largest absolute Gasteiger partial charge is 0.493 e. The first-order chi connectivity index (χ1) is 9.16. The van der Waals surface area contributed by atoms with E-state index < -0.39 is 0 Å². The van der Waals surface area contributed by atoms with E-state index in [1.165, 1.54) is 11.1 Å². The molecule has 1 saturated heterocycles. The zero-order valence-corrected chi connectivity index (χ0v) is 12.2. The van der Waals surface area contributed by atoms with Crippen LogP contribution in [0.4, 0.5) is 0 Å². The van der Waals surface area contributed by atoms with E-state index in [0.717, 1.165) is 51.3 Å². The molecule has 0 saturated carbocycles. The molecular weight excluding hydrogens is 236 g/mol. The Morgan fingerprint density at radius 3 is 2.74 bits per heavy atom. The Balaban J connectivity index is 1.68. The molecule has 0 unspecified atom stereocenters. The Bertz CT molecular complexity index is 398. The minimum absolute atomic E-state index is 0.419. The van der Waals surface area contributed by atoms with E-state index in [1.54, 1.807) is 0 Å². The zero-order valence-electron chi connectivity index (χ0n) is 12.2. The topological polar surface area (TPSA) is 38.5 Å². The number of nitrogens with zero attached hydrogens (tertiary/aromatic N) is 1. The first-order valence-electron chi connectivity index (χ1n) is 7.34. The number of nitrogens with two attached hydrogens (primary N) is 1. The highest BCUT2D eigenvalue weighted by Gasteiger charge is 2.15. The molecular formula is C16H26N2O. The van der Waals surface area contributed by atoms with Crippen LogP contribution in [0.25, 0.3) is 0 Å². The highest BCUT2D eigenvalue weighted by atomic mass is 16.5. The number of likely N-dealkylation sites (tertiary alicyclic amines) is 1. The minimum Gasteiger partial charge on any atom is -0.493 e. The molecule has 1 aliphatic heterocycles. The van der Waals surface area contributed by atoms with Crippen molar-refractivity contribution >= 4 is 0 Å². The summed E-state index contributed by atoms with van der Waals surface area (Å²) in [6.07, 6.45) is 3.36. The summed E-state index contributed by atoms with van der Waals surface area (Å²) in [7, 11) is 0. The Kier molecular flexibility index (Phi) is 5.23. The van der Waals surface area contributed by atoms with Gasteiger partial charge >= 0.3 is 0 Å². The molecule has 1 aromatic rings. The molecule has 3 nitrogen and oxygen atoms in total. The molecule has 1 fully saturated rings. The third-order valence-electron chi connectivity index (χ3n) is 4.06. The van der Waals surface area contributed by atoms with Crippen LogP contribution in [-0.2, 0) is 0 Å². The normalized spacial score (nSPS) is 17.6. The van der Waals surface area contributed by atoms with E-state index >= 15 is 0 Å². The molecule has 3 heteroatoms. The quantitative estimate of drug-likeness (QED) is 0.829. The molecule has 0 radical (unpaired) electrons. The van der Waals surface area contributed by atoms with Gasteiger partial charge in [0.1, 0.15) is 5.75 Å². The smallest absolute Gasteiger partial charge is 0.122 e. The SMILES string of the molecule is Cc1cccc(OCCCN2CCC(N)CC2)c1C. The molecule has 0 aromatic heterocycles. The van der Waals surface area contributed by atoms with E-state index in [2.05, 4.69) is 36.9 Å². The average molecular weight is 262 g/mol. The Morgan fingerprint density at radius 1 is 1.26 bits per heavy atom. The summed E-state index contributed by atoms with van der Waals surface area (Å²) >= 11 is 0. The Morgan fingerprint density at radius 2 is 2.00 bits per heavy atom. The van der Waals surface area contributed by atoms with Gasteiger partial charge < -0.3 is 15.4 Å². The van der Waals surface area contributed by atoms with Crippen molar-refractivity contribution in [2.75, 3.05) is 26.2 Å². The van der Waals surface area contributed by atoms with Crippen molar-refractivity contribution < 1.29 is 4.74 Å². The lowest BCUT2D eigenvalue weighted by molar-refractivity contribution is 0.193. The second-order valence-electron chi connectivity index (χ2n) is 5.58. The fourth-order valence-electron chi connectivity index (χ4n) is 2.53. The predicted octanol–water partition coefficient (Wildman–Crippen LogP) is 2.50. The van der Waals surface area contributed by atoms with Gasteiger partial charge in [0, 0.05) is 12.6 Å². The summed E-state index contributed by atoms with van der Waals surface area (Å²) in [5.74, 6) is 1.03. The highest BCUT2D eigenvalue weighted by molar-refractivity contribution is 5.38. The molecule has 2 rings (SSSR count). The van der Waals surface area contributed by atoms with Crippen LogP contribution in [0.1, 0.15) is 30.4 Å². The molecule has 106 valence electrons. The molecule has 1 aromatic carbocycles. The van der Waals surface area contributed by atoms with Gasteiger partial charge in [-0.05, 0) is 63.4 Å². The van der Waals surface area contributed by atoms with Gasteiger partial charge in [0.2, 0.25) is 0 Å². The number of hydrogen-bond acceptors (Lipinski definition) is 3. The lowest BCUT2D eigenvalue weighted by atomic mass is 10.1. The molecule has 0 bridgehead atoms. The molecule has 0 spiro atoms. The van der Waals surface area contributed by atoms with E-state index in [-0.39, 0.29) is 0 Å². The van der Waals surface area contributed by atoms with Gasteiger partial charge in [0.25, 0.3) is 0 Å². The Hall–Kier alpha value is -1.06. The van der Waals surface area contributed by atoms with Crippen LogP contribution in [0.2, 0.25) is 0 Å². The molecule has 1 aliphatic rings. The second kappa shape index (κ2) is 6.92. The van der Waals surface area contributed by atoms with Crippen LogP contribution in [0, 0.1) is 13.8 Å². The predicted molar refractivity (Wildman–Crippen MR) is 79.7 cm³/mol. The number of benzene rings is 1. The van der Waals surface area contributed by atoms with Gasteiger partial charge in [0.15, 0.2) is 0 Å². The van der Waals surface area contributed by atoms with Crippen LogP contribution in [-0.4, -0.2) is 37.2 Å². The summed E-state index contributed by atoms with van der Waals surface area (Å²) in [6.45, 7) is 8.45. The summed E-state index contributed by atoms with van der Waals surface area (Å²) in [6, 6.07) is 6.66. The summed E-state index contributed by atoms with van der Waals surface area (Å²) < 4.78 is 5.88. The first-order valence-corrected chi connectivity index (χ1v) is 7.34. The molecule has 0 atom stereocenters. The second-order valence-corrected chi connectivity index (χ2v) is 5.58. The van der Waals surface area contributed by atoms with Crippen LogP contribution in [0.5, 0.6) is 5.75 Å². The Labute approximate surface area is 116 Å². The maximum absolute atomic E-state index is 5.91. The van der Waals surface area contributed by atoms with Gasteiger partial charge in [-0.1, -0.05) is 12.1 Å². The van der Waals surface area contributed by atoms with Crippen LogP contribution >= 0.6 is 0 Å². The van der Waals surface area contributed by atoms with Crippen molar-refractivity contribution in [3.8, 4) is 5.75 Å². The summed E-state index contributed by atoms with van der Waals surface area (Å²) in [5, 5.41) is 0. The van der Waals surface area contributed by atoms with Crippen LogP contribution < -0.4 is 10.5 Å². The maximum Gasteiger partial charge on any atom is 0.122 e. The standard InChI is InChI=1S/C16H26N2O/c1-13-5-3-6-16(14(13)2)19-12-4-9-18-10-7-15(17)8-11-18/h3,5-6,15H,4,7-12,17H2,1-2H3. The molecule has 1 heterocycles. The van der Waals surface area contributed by atoms with Crippen molar-refractivity contribution in [2.45, 2.75) is 39.2 Å². The summed E-state index contributed by atoms with van der Waals surface area (Å²) in [5.41, 5.74) is 8.46. The average Bonchev–Trinajstić information content (AvgIpc) is 2.41. The molecule has 0 amide bonds. The van der Waals surface area contributed by atoms with Crippen molar-refractivity contribution in [2.24, 2.45) is 5.73 Å². The highest BCUT2D eigenvalue weighted by Crippen LogP contribution is 2.20. The van der Waals surface area contributed by atoms with E-state index in [9.17, 15) is 0 Å². The maximum atomic E-state index is 5.91. The van der Waals surface area contributed by atoms with Crippen LogP contribution in [0.15, 0.2) is 18.2 Å². The van der Waals surface area contributed by atoms with E-state index in [4.69, 9.17) is 10.5 Å². The zero-order chi connectivity index (χ0) is 13.7. The number of ether oxygens (including phenoxy) is 1. The third-order valence-corrected chi connectivity index (χ3v) is 4.06. The lowest BCUT2D eigenvalue weighted by Crippen LogP contribution is -2.40. The van der Waals surface area contributed by atoms with E-state index in [1.807, 2.05) is 0 Å². The van der Waals surface area contributed by atoms with E-state index in [0.29, 0.717) is 6.04 Å². The van der Waals surface area contributed by atoms with Gasteiger partial charge in [-0.3, -0.25) is 0 Å².